The molecule has 3 aromatic rings. The van der Waals surface area contributed by atoms with E-state index in [4.69, 9.17) is 14.0 Å². The van der Waals surface area contributed by atoms with Gasteiger partial charge in [-0.2, -0.15) is 4.98 Å². The zero-order valence-electron chi connectivity index (χ0n) is 16.7. The molecule has 0 unspecified atom stereocenters. The lowest BCUT2D eigenvalue weighted by molar-refractivity contribution is 0.0953. The molecular formula is C21H24N4O4. The van der Waals surface area contributed by atoms with Crippen molar-refractivity contribution in [2.45, 2.75) is 19.9 Å². The first-order valence-electron chi connectivity index (χ1n) is 9.31. The van der Waals surface area contributed by atoms with E-state index in [0.717, 1.165) is 12.1 Å². The highest BCUT2D eigenvalue weighted by Crippen LogP contribution is 2.31. The van der Waals surface area contributed by atoms with E-state index in [1.165, 1.54) is 0 Å². The van der Waals surface area contributed by atoms with Crippen LogP contribution >= 0.6 is 0 Å². The first-order chi connectivity index (χ1) is 14.1. The Bertz CT molecular complexity index is 971. The van der Waals surface area contributed by atoms with E-state index in [1.54, 1.807) is 38.5 Å². The summed E-state index contributed by atoms with van der Waals surface area (Å²) in [7, 11) is 3.17. The second kappa shape index (κ2) is 9.59. The van der Waals surface area contributed by atoms with Crippen LogP contribution in [-0.4, -0.2) is 36.8 Å². The van der Waals surface area contributed by atoms with Crippen molar-refractivity contribution in [3.05, 3.63) is 53.9 Å². The molecule has 0 bridgehead atoms. The molecule has 8 heteroatoms. The second-order valence-electron chi connectivity index (χ2n) is 6.27. The zero-order valence-corrected chi connectivity index (χ0v) is 16.7. The number of carbonyl (C=O) groups is 1. The molecular weight excluding hydrogens is 372 g/mol. The van der Waals surface area contributed by atoms with Gasteiger partial charge in [0.15, 0.2) is 0 Å². The molecule has 0 aliphatic rings. The molecule has 0 saturated carbocycles. The summed E-state index contributed by atoms with van der Waals surface area (Å²) in [5.41, 5.74) is 2.09. The lowest BCUT2D eigenvalue weighted by atomic mass is 10.2. The van der Waals surface area contributed by atoms with Crippen LogP contribution < -0.4 is 20.1 Å². The molecule has 2 N–H and O–H groups in total. The first-order valence-corrected chi connectivity index (χ1v) is 9.31. The van der Waals surface area contributed by atoms with Crippen molar-refractivity contribution in [3.63, 3.8) is 0 Å². The van der Waals surface area contributed by atoms with E-state index < -0.39 is 0 Å². The highest BCUT2D eigenvalue weighted by molar-refractivity contribution is 5.95. The van der Waals surface area contributed by atoms with Gasteiger partial charge in [-0.1, -0.05) is 18.1 Å². The number of methoxy groups -OCH3 is 2. The molecule has 3 rings (SSSR count). The van der Waals surface area contributed by atoms with Crippen molar-refractivity contribution in [1.29, 1.82) is 0 Å². The average molecular weight is 396 g/mol. The number of rotatable bonds is 9. The van der Waals surface area contributed by atoms with Gasteiger partial charge in [0.1, 0.15) is 11.5 Å². The number of hydrogen-bond donors (Lipinski definition) is 2. The molecule has 0 spiro atoms. The number of nitrogens with zero attached hydrogens (tertiary/aromatic N) is 2. The fourth-order valence-electron chi connectivity index (χ4n) is 2.71. The highest BCUT2D eigenvalue weighted by Gasteiger charge is 2.14. The van der Waals surface area contributed by atoms with E-state index in [2.05, 4.69) is 20.8 Å². The fourth-order valence-corrected chi connectivity index (χ4v) is 2.71. The molecule has 0 saturated heterocycles. The average Bonchev–Trinajstić information content (AvgIpc) is 3.24. The van der Waals surface area contributed by atoms with E-state index >= 15 is 0 Å². The largest absolute Gasteiger partial charge is 0.497 e. The number of ether oxygens (including phenoxy) is 2. The molecule has 2 aromatic carbocycles. The Kier molecular flexibility index (Phi) is 6.67. The summed E-state index contributed by atoms with van der Waals surface area (Å²) in [5.74, 6) is 2.02. The summed E-state index contributed by atoms with van der Waals surface area (Å²) in [6.45, 7) is 2.99. The summed E-state index contributed by atoms with van der Waals surface area (Å²) in [6.07, 6.45) is 0.891. The van der Waals surface area contributed by atoms with Gasteiger partial charge in [-0.3, -0.25) is 4.79 Å². The minimum absolute atomic E-state index is 0.0952. The second-order valence-corrected chi connectivity index (χ2v) is 6.27. The van der Waals surface area contributed by atoms with Crippen molar-refractivity contribution in [2.75, 3.05) is 26.1 Å². The Morgan fingerprint density at radius 1 is 1.14 bits per heavy atom. The van der Waals surface area contributed by atoms with Gasteiger partial charge in [-0.05, 0) is 36.8 Å². The van der Waals surface area contributed by atoms with Crippen LogP contribution in [0.15, 0.2) is 47.0 Å². The van der Waals surface area contributed by atoms with Crippen LogP contribution in [-0.2, 0) is 6.54 Å². The number of anilines is 1. The van der Waals surface area contributed by atoms with Gasteiger partial charge in [0.2, 0.25) is 11.7 Å². The minimum Gasteiger partial charge on any atom is -0.497 e. The summed E-state index contributed by atoms with van der Waals surface area (Å²) >= 11 is 0. The van der Waals surface area contributed by atoms with Crippen molar-refractivity contribution >= 4 is 11.6 Å². The van der Waals surface area contributed by atoms with Crippen LogP contribution in [0.25, 0.3) is 11.4 Å². The lowest BCUT2D eigenvalue weighted by Crippen LogP contribution is -2.23. The summed E-state index contributed by atoms with van der Waals surface area (Å²) in [4.78, 5) is 16.5. The standard InChI is InChI=1S/C21H24N4O4/c1-4-10-22-21(26)14-6-5-7-15(11-14)23-13-19-24-20(25-29-19)17-9-8-16(27-2)12-18(17)28-3/h5-9,11-12,23H,4,10,13H2,1-3H3,(H,22,26). The van der Waals surface area contributed by atoms with E-state index in [9.17, 15) is 4.79 Å². The number of nitrogens with one attached hydrogen (secondary N) is 2. The molecule has 152 valence electrons. The number of hydrogen-bond acceptors (Lipinski definition) is 7. The smallest absolute Gasteiger partial charge is 0.251 e. The van der Waals surface area contributed by atoms with Gasteiger partial charge in [-0.25, -0.2) is 0 Å². The lowest BCUT2D eigenvalue weighted by Gasteiger charge is -2.07. The molecule has 0 aliphatic carbocycles. The Labute approximate surface area is 169 Å². The van der Waals surface area contributed by atoms with Crippen LogP contribution in [0.3, 0.4) is 0 Å². The topological polar surface area (TPSA) is 98.5 Å². The predicted molar refractivity (Wildman–Crippen MR) is 109 cm³/mol. The predicted octanol–water partition coefficient (Wildman–Crippen LogP) is 3.51. The maximum absolute atomic E-state index is 12.1. The summed E-state index contributed by atoms with van der Waals surface area (Å²) in [6, 6.07) is 12.6. The molecule has 1 heterocycles. The number of benzene rings is 2. The summed E-state index contributed by atoms with van der Waals surface area (Å²) in [5, 5.41) is 10.1. The molecule has 0 aliphatic heterocycles. The molecule has 1 amide bonds. The van der Waals surface area contributed by atoms with Gasteiger partial charge in [-0.15, -0.1) is 0 Å². The van der Waals surface area contributed by atoms with Gasteiger partial charge in [0.05, 0.1) is 26.3 Å². The Morgan fingerprint density at radius 3 is 2.76 bits per heavy atom. The summed E-state index contributed by atoms with van der Waals surface area (Å²) < 4.78 is 15.9. The maximum Gasteiger partial charge on any atom is 0.251 e. The Morgan fingerprint density at radius 2 is 2.00 bits per heavy atom. The van der Waals surface area contributed by atoms with Gasteiger partial charge in [0.25, 0.3) is 5.91 Å². The first kappa shape index (κ1) is 20.2. The van der Waals surface area contributed by atoms with Crippen LogP contribution in [0.2, 0.25) is 0 Å². The van der Waals surface area contributed by atoms with Gasteiger partial charge < -0.3 is 24.6 Å². The quantitative estimate of drug-likeness (QED) is 0.571. The Balaban J connectivity index is 1.68. The van der Waals surface area contributed by atoms with E-state index in [1.807, 2.05) is 25.1 Å². The number of aromatic nitrogens is 2. The zero-order chi connectivity index (χ0) is 20.6. The van der Waals surface area contributed by atoms with E-state index in [0.29, 0.717) is 47.4 Å². The molecule has 0 atom stereocenters. The third-order valence-electron chi connectivity index (χ3n) is 4.22. The van der Waals surface area contributed by atoms with Crippen LogP contribution in [0, 0.1) is 0 Å². The van der Waals surface area contributed by atoms with E-state index in [-0.39, 0.29) is 5.91 Å². The highest BCUT2D eigenvalue weighted by atomic mass is 16.5. The molecule has 29 heavy (non-hydrogen) atoms. The maximum atomic E-state index is 12.1. The molecule has 0 fully saturated rings. The fraction of sp³-hybridized carbons (Fsp3) is 0.286. The third kappa shape index (κ3) is 5.04. The third-order valence-corrected chi connectivity index (χ3v) is 4.22. The molecule has 8 nitrogen and oxygen atoms in total. The van der Waals surface area contributed by atoms with Crippen molar-refractivity contribution < 1.29 is 18.8 Å². The minimum atomic E-state index is -0.0952. The van der Waals surface area contributed by atoms with Crippen molar-refractivity contribution in [3.8, 4) is 22.9 Å². The number of carbonyl (C=O) groups excluding carboxylic acids is 1. The van der Waals surface area contributed by atoms with Crippen molar-refractivity contribution in [2.24, 2.45) is 0 Å². The monoisotopic (exact) mass is 396 g/mol. The number of amides is 1. The molecule has 1 aromatic heterocycles. The SMILES string of the molecule is CCCNC(=O)c1cccc(NCc2nc(-c3ccc(OC)cc3OC)no2)c1. The van der Waals surface area contributed by atoms with Gasteiger partial charge in [0, 0.05) is 23.9 Å². The van der Waals surface area contributed by atoms with Crippen molar-refractivity contribution in [1.82, 2.24) is 15.5 Å². The van der Waals surface area contributed by atoms with Crippen LogP contribution in [0.5, 0.6) is 11.5 Å². The van der Waals surface area contributed by atoms with Crippen LogP contribution in [0.4, 0.5) is 5.69 Å². The van der Waals surface area contributed by atoms with Crippen LogP contribution in [0.1, 0.15) is 29.6 Å². The molecule has 0 radical (unpaired) electrons. The normalized spacial score (nSPS) is 10.4. The van der Waals surface area contributed by atoms with Gasteiger partial charge >= 0.3 is 0 Å². The Hall–Kier alpha value is -3.55.